The Kier molecular flexibility index (Phi) is 4.67. The van der Waals surface area contributed by atoms with Gasteiger partial charge in [0.05, 0.1) is 0 Å². The van der Waals surface area contributed by atoms with Crippen LogP contribution in [0.4, 0.5) is 4.79 Å². The topological polar surface area (TPSA) is 75.6 Å². The summed E-state index contributed by atoms with van der Waals surface area (Å²) in [7, 11) is 0. The van der Waals surface area contributed by atoms with Crippen LogP contribution in [0.25, 0.3) is 11.1 Å². The number of aliphatic carboxylic acids is 1. The highest BCUT2D eigenvalue weighted by Crippen LogP contribution is 2.52. The molecule has 0 saturated heterocycles. The van der Waals surface area contributed by atoms with Gasteiger partial charge in [-0.25, -0.2) is 9.59 Å². The van der Waals surface area contributed by atoms with E-state index in [1.165, 1.54) is 0 Å². The fraction of sp³-hybridized carbons (Fsp3) is 0.304. The van der Waals surface area contributed by atoms with Gasteiger partial charge in [0.15, 0.2) is 0 Å². The maximum absolute atomic E-state index is 12.4. The first-order chi connectivity index (χ1) is 13.6. The average Bonchev–Trinajstić information content (AvgIpc) is 3.40. The molecule has 2 aromatic carbocycles. The molecule has 1 saturated carbocycles. The summed E-state index contributed by atoms with van der Waals surface area (Å²) in [4.78, 5) is 24.1. The highest BCUT2D eigenvalue weighted by Gasteiger charge is 2.52. The summed E-state index contributed by atoms with van der Waals surface area (Å²) in [5.41, 5.74) is 4.11. The minimum Gasteiger partial charge on any atom is -0.480 e. The van der Waals surface area contributed by atoms with Gasteiger partial charge in [0, 0.05) is 11.3 Å². The fourth-order valence-electron chi connectivity index (χ4n) is 4.29. The number of amides is 1. The summed E-state index contributed by atoms with van der Waals surface area (Å²) in [6, 6.07) is 15.2. The lowest BCUT2D eigenvalue weighted by Gasteiger charge is -2.23. The third kappa shape index (κ3) is 3.17. The minimum atomic E-state index is -1.03. The van der Waals surface area contributed by atoms with Crippen molar-refractivity contribution < 1.29 is 19.4 Å². The molecule has 5 nitrogen and oxygen atoms in total. The summed E-state index contributed by atoms with van der Waals surface area (Å²) in [5, 5.41) is 12.1. The van der Waals surface area contributed by atoms with E-state index < -0.39 is 23.5 Å². The van der Waals surface area contributed by atoms with Crippen LogP contribution in [-0.4, -0.2) is 29.8 Å². The molecule has 0 spiro atoms. The van der Waals surface area contributed by atoms with Gasteiger partial charge in [-0.1, -0.05) is 54.6 Å². The van der Waals surface area contributed by atoms with Gasteiger partial charge in [-0.3, -0.25) is 0 Å². The molecule has 4 rings (SSSR count). The van der Waals surface area contributed by atoms with Crippen molar-refractivity contribution in [3.8, 4) is 11.1 Å². The van der Waals surface area contributed by atoms with E-state index in [1.54, 1.807) is 6.08 Å². The zero-order valence-corrected chi connectivity index (χ0v) is 15.6. The number of carboxylic acid groups (broad SMARTS) is 1. The number of alkyl carbamates (subject to hydrolysis) is 1. The average molecular weight is 377 g/mol. The third-order valence-electron chi connectivity index (χ3n) is 5.91. The minimum absolute atomic E-state index is 0.0514. The molecule has 2 aromatic rings. The van der Waals surface area contributed by atoms with E-state index in [0.717, 1.165) is 35.1 Å². The van der Waals surface area contributed by atoms with Crippen LogP contribution in [-0.2, 0) is 9.53 Å². The van der Waals surface area contributed by atoms with E-state index in [9.17, 15) is 14.7 Å². The Balaban J connectivity index is 1.47. The molecule has 0 unspecified atom stereocenters. The van der Waals surface area contributed by atoms with Gasteiger partial charge in [0.2, 0.25) is 0 Å². The molecule has 144 valence electrons. The smallest absolute Gasteiger partial charge is 0.407 e. The first-order valence-corrected chi connectivity index (χ1v) is 9.51. The van der Waals surface area contributed by atoms with Gasteiger partial charge in [-0.05, 0) is 41.5 Å². The molecule has 0 aliphatic heterocycles. The Morgan fingerprint density at radius 2 is 1.71 bits per heavy atom. The van der Waals surface area contributed by atoms with E-state index in [0.29, 0.717) is 6.42 Å². The Morgan fingerprint density at radius 3 is 2.21 bits per heavy atom. The molecule has 0 heterocycles. The highest BCUT2D eigenvalue weighted by molar-refractivity contribution is 5.82. The third-order valence-corrected chi connectivity index (χ3v) is 5.91. The first-order valence-electron chi connectivity index (χ1n) is 9.51. The van der Waals surface area contributed by atoms with Gasteiger partial charge in [-0.15, -0.1) is 6.58 Å². The van der Waals surface area contributed by atoms with E-state index in [2.05, 4.69) is 24.0 Å². The second-order valence-electron chi connectivity index (χ2n) is 7.60. The number of hydrogen-bond acceptors (Lipinski definition) is 3. The number of ether oxygens (including phenoxy) is 1. The number of benzene rings is 2. The lowest BCUT2D eigenvalue weighted by Crippen LogP contribution is -2.47. The van der Waals surface area contributed by atoms with Gasteiger partial charge < -0.3 is 15.2 Å². The van der Waals surface area contributed by atoms with Gasteiger partial charge in [0.25, 0.3) is 0 Å². The Hall–Kier alpha value is -3.08. The SMILES string of the molecule is C=CCC1([C@@H](NC(=O)OCC2c3ccccc3-c3ccccc32)C(=O)O)CC1. The fourth-order valence-corrected chi connectivity index (χ4v) is 4.29. The number of allylic oxidation sites excluding steroid dienone is 1. The van der Waals surface area contributed by atoms with Gasteiger partial charge >= 0.3 is 12.1 Å². The van der Waals surface area contributed by atoms with Crippen molar-refractivity contribution in [2.45, 2.75) is 31.2 Å². The molecule has 0 radical (unpaired) electrons. The second-order valence-corrected chi connectivity index (χ2v) is 7.60. The van der Waals surface area contributed by atoms with Crippen LogP contribution < -0.4 is 5.32 Å². The molecule has 2 aliphatic rings. The molecule has 1 amide bonds. The quantitative estimate of drug-likeness (QED) is 0.704. The molecule has 1 atom stereocenters. The zero-order valence-electron chi connectivity index (χ0n) is 15.6. The summed E-state index contributed by atoms with van der Waals surface area (Å²) in [6.07, 6.45) is 3.11. The van der Waals surface area contributed by atoms with Crippen molar-refractivity contribution in [1.29, 1.82) is 0 Å². The van der Waals surface area contributed by atoms with Crippen molar-refractivity contribution >= 4 is 12.1 Å². The molecule has 2 aliphatic carbocycles. The number of nitrogens with one attached hydrogen (secondary N) is 1. The van der Waals surface area contributed by atoms with E-state index in [1.807, 2.05) is 36.4 Å². The lowest BCUT2D eigenvalue weighted by molar-refractivity contribution is -0.141. The number of carbonyl (C=O) groups is 2. The number of fused-ring (bicyclic) bond motifs is 3. The maximum Gasteiger partial charge on any atom is 0.407 e. The first kappa shape index (κ1) is 18.3. The predicted molar refractivity (Wildman–Crippen MR) is 106 cm³/mol. The highest BCUT2D eigenvalue weighted by atomic mass is 16.5. The summed E-state index contributed by atoms with van der Waals surface area (Å²) >= 11 is 0. The van der Waals surface area contributed by atoms with Crippen LogP contribution in [0, 0.1) is 5.41 Å². The molecule has 28 heavy (non-hydrogen) atoms. The molecular formula is C23H23NO4. The molecule has 0 aromatic heterocycles. The van der Waals surface area contributed by atoms with Crippen LogP contribution in [0.15, 0.2) is 61.2 Å². The van der Waals surface area contributed by atoms with Crippen LogP contribution in [0.2, 0.25) is 0 Å². The summed E-state index contributed by atoms with van der Waals surface area (Å²) in [6.45, 7) is 3.87. The standard InChI is InChI=1S/C23H23NO4/c1-2-11-23(12-13-23)20(21(25)26)24-22(27)28-14-19-17-9-5-3-7-15(17)16-8-4-6-10-18(16)19/h2-10,19-20H,1,11-14H2,(H,24,27)(H,25,26)/t20-/m0/s1. The molecule has 5 heteroatoms. The number of rotatable bonds is 7. The van der Waals surface area contributed by atoms with Gasteiger partial charge in [0.1, 0.15) is 12.6 Å². The lowest BCUT2D eigenvalue weighted by atomic mass is 9.92. The monoisotopic (exact) mass is 377 g/mol. The van der Waals surface area contributed by atoms with Gasteiger partial charge in [-0.2, -0.15) is 0 Å². The second kappa shape index (κ2) is 7.15. The van der Waals surface area contributed by atoms with Crippen molar-refractivity contribution in [1.82, 2.24) is 5.32 Å². The van der Waals surface area contributed by atoms with Crippen molar-refractivity contribution in [2.24, 2.45) is 5.41 Å². The summed E-state index contributed by atoms with van der Waals surface area (Å²) in [5.74, 6) is -1.09. The predicted octanol–water partition coefficient (Wildman–Crippen LogP) is 4.33. The Labute approximate surface area is 164 Å². The molecule has 1 fully saturated rings. The van der Waals surface area contributed by atoms with Crippen molar-refractivity contribution in [2.75, 3.05) is 6.61 Å². The van der Waals surface area contributed by atoms with Crippen LogP contribution in [0.5, 0.6) is 0 Å². The molecule has 2 N–H and O–H groups in total. The van der Waals surface area contributed by atoms with Crippen LogP contribution >= 0.6 is 0 Å². The Bertz CT molecular complexity index is 886. The largest absolute Gasteiger partial charge is 0.480 e. The summed E-state index contributed by atoms with van der Waals surface area (Å²) < 4.78 is 5.48. The number of carboxylic acids is 1. The molecular weight excluding hydrogens is 354 g/mol. The van der Waals surface area contributed by atoms with Crippen molar-refractivity contribution in [3.63, 3.8) is 0 Å². The van der Waals surface area contributed by atoms with Crippen molar-refractivity contribution in [3.05, 3.63) is 72.3 Å². The van der Waals surface area contributed by atoms with Crippen LogP contribution in [0.3, 0.4) is 0 Å². The zero-order chi connectivity index (χ0) is 19.7. The maximum atomic E-state index is 12.4. The van der Waals surface area contributed by atoms with E-state index >= 15 is 0 Å². The van der Waals surface area contributed by atoms with E-state index in [-0.39, 0.29) is 12.5 Å². The number of hydrogen-bond donors (Lipinski definition) is 2. The Morgan fingerprint density at radius 1 is 1.14 bits per heavy atom. The normalized spacial score (nSPS) is 17.1. The number of carbonyl (C=O) groups excluding carboxylic acids is 1. The van der Waals surface area contributed by atoms with Crippen LogP contribution in [0.1, 0.15) is 36.3 Å². The molecule has 0 bridgehead atoms. The van der Waals surface area contributed by atoms with E-state index in [4.69, 9.17) is 4.74 Å².